The molecule has 2 aromatic rings. The van der Waals surface area contributed by atoms with Crippen molar-refractivity contribution in [1.29, 1.82) is 0 Å². The van der Waals surface area contributed by atoms with Crippen molar-refractivity contribution < 1.29 is 14.3 Å². The Balaban J connectivity index is 0.000000381. The van der Waals surface area contributed by atoms with Crippen molar-refractivity contribution in [2.45, 2.75) is 13.5 Å². The first-order chi connectivity index (χ1) is 12.0. The predicted molar refractivity (Wildman–Crippen MR) is 101 cm³/mol. The number of ether oxygens (including phenoxy) is 1. The summed E-state index contributed by atoms with van der Waals surface area (Å²) in [5.41, 5.74) is 2.69. The van der Waals surface area contributed by atoms with Crippen LogP contribution in [0.15, 0.2) is 67.3 Å². The molecular formula is C21H25NO3. The highest BCUT2D eigenvalue weighted by atomic mass is 16.5. The molecule has 132 valence electrons. The first-order valence-corrected chi connectivity index (χ1v) is 8.10. The summed E-state index contributed by atoms with van der Waals surface area (Å²) in [7, 11) is 4.06. The normalized spacial score (nSPS) is 9.76. The maximum Gasteiger partial charge on any atom is 0.330 e. The van der Waals surface area contributed by atoms with Gasteiger partial charge in [-0.3, -0.25) is 4.79 Å². The zero-order valence-electron chi connectivity index (χ0n) is 15.1. The number of nitrogens with zero attached hydrogens (tertiary/aromatic N) is 1. The maximum atomic E-state index is 12.2. The van der Waals surface area contributed by atoms with Crippen LogP contribution in [0, 0.1) is 0 Å². The van der Waals surface area contributed by atoms with Gasteiger partial charge in [-0.1, -0.05) is 61.2 Å². The standard InChI is InChI=1S/C16H17NO.C5H8O2/c1-17(2)12-13-8-10-15(11-9-13)16(18)14-6-4-3-5-7-14;1-3-5(6)7-4-2/h3-11H,12H2,1-2H3;3H,1,4H2,2H3. The number of esters is 1. The molecule has 0 saturated carbocycles. The molecular weight excluding hydrogens is 314 g/mol. The smallest absolute Gasteiger partial charge is 0.330 e. The number of benzene rings is 2. The molecule has 0 spiro atoms. The minimum Gasteiger partial charge on any atom is -0.463 e. The lowest BCUT2D eigenvalue weighted by atomic mass is 10.0. The van der Waals surface area contributed by atoms with E-state index in [0.29, 0.717) is 6.61 Å². The highest BCUT2D eigenvalue weighted by molar-refractivity contribution is 6.08. The van der Waals surface area contributed by atoms with E-state index in [9.17, 15) is 9.59 Å². The van der Waals surface area contributed by atoms with Gasteiger partial charge in [-0.05, 0) is 26.6 Å². The van der Waals surface area contributed by atoms with Gasteiger partial charge in [0.15, 0.2) is 5.78 Å². The van der Waals surface area contributed by atoms with Crippen LogP contribution in [-0.2, 0) is 16.1 Å². The molecule has 0 fully saturated rings. The van der Waals surface area contributed by atoms with Gasteiger partial charge in [0.25, 0.3) is 0 Å². The summed E-state index contributed by atoms with van der Waals surface area (Å²) in [5.74, 6) is -0.283. The van der Waals surface area contributed by atoms with Crippen LogP contribution < -0.4 is 0 Å². The summed E-state index contributed by atoms with van der Waals surface area (Å²) in [5, 5.41) is 0. The second-order valence-electron chi connectivity index (χ2n) is 5.59. The highest BCUT2D eigenvalue weighted by Gasteiger charge is 2.07. The average Bonchev–Trinajstić information content (AvgIpc) is 2.63. The molecule has 0 aliphatic heterocycles. The van der Waals surface area contributed by atoms with E-state index in [1.165, 1.54) is 5.56 Å². The van der Waals surface area contributed by atoms with Crippen LogP contribution in [0.3, 0.4) is 0 Å². The van der Waals surface area contributed by atoms with Crippen molar-refractivity contribution in [2.24, 2.45) is 0 Å². The molecule has 0 aromatic heterocycles. The number of ketones is 1. The van der Waals surface area contributed by atoms with E-state index in [-0.39, 0.29) is 11.8 Å². The van der Waals surface area contributed by atoms with Gasteiger partial charge < -0.3 is 9.64 Å². The molecule has 0 saturated heterocycles. The number of rotatable bonds is 6. The first-order valence-electron chi connectivity index (χ1n) is 8.10. The van der Waals surface area contributed by atoms with Gasteiger partial charge in [-0.15, -0.1) is 0 Å². The SMILES string of the molecule is C=CC(=O)OCC.CN(C)Cc1ccc(C(=O)c2ccccc2)cc1. The van der Waals surface area contributed by atoms with Crippen molar-refractivity contribution in [2.75, 3.05) is 20.7 Å². The van der Waals surface area contributed by atoms with Crippen molar-refractivity contribution in [3.8, 4) is 0 Å². The molecule has 0 atom stereocenters. The molecule has 0 amide bonds. The van der Waals surface area contributed by atoms with E-state index in [2.05, 4.69) is 16.2 Å². The molecule has 0 N–H and O–H groups in total. The summed E-state index contributed by atoms with van der Waals surface area (Å²) < 4.78 is 4.43. The van der Waals surface area contributed by atoms with Crippen molar-refractivity contribution >= 4 is 11.8 Å². The monoisotopic (exact) mass is 339 g/mol. The van der Waals surface area contributed by atoms with Crippen LogP contribution in [0.25, 0.3) is 0 Å². The van der Waals surface area contributed by atoms with E-state index < -0.39 is 0 Å². The highest BCUT2D eigenvalue weighted by Crippen LogP contribution is 2.11. The van der Waals surface area contributed by atoms with Crippen LogP contribution >= 0.6 is 0 Å². The lowest BCUT2D eigenvalue weighted by Gasteiger charge is -2.09. The second kappa shape index (κ2) is 10.9. The number of carbonyl (C=O) groups excluding carboxylic acids is 2. The third-order valence-corrected chi connectivity index (χ3v) is 3.20. The minimum absolute atomic E-state index is 0.0759. The number of hydrogen-bond donors (Lipinski definition) is 0. The topological polar surface area (TPSA) is 46.6 Å². The third-order valence-electron chi connectivity index (χ3n) is 3.20. The Labute approximate surface area is 149 Å². The van der Waals surface area contributed by atoms with Gasteiger partial charge >= 0.3 is 5.97 Å². The van der Waals surface area contributed by atoms with E-state index in [4.69, 9.17) is 0 Å². The Morgan fingerprint density at radius 3 is 2.00 bits per heavy atom. The molecule has 0 bridgehead atoms. The van der Waals surface area contributed by atoms with Crippen LogP contribution in [0.4, 0.5) is 0 Å². The fourth-order valence-corrected chi connectivity index (χ4v) is 2.08. The quantitative estimate of drug-likeness (QED) is 0.457. The lowest BCUT2D eigenvalue weighted by Crippen LogP contribution is -2.10. The zero-order chi connectivity index (χ0) is 18.7. The molecule has 0 heterocycles. The van der Waals surface area contributed by atoms with E-state index in [0.717, 1.165) is 23.7 Å². The molecule has 2 rings (SSSR count). The summed E-state index contributed by atoms with van der Waals surface area (Å²) >= 11 is 0. The second-order valence-corrected chi connectivity index (χ2v) is 5.59. The summed E-state index contributed by atoms with van der Waals surface area (Å²) in [6.45, 7) is 6.27. The Bertz CT molecular complexity index is 676. The van der Waals surface area contributed by atoms with Crippen molar-refractivity contribution in [1.82, 2.24) is 4.90 Å². The number of hydrogen-bond acceptors (Lipinski definition) is 4. The Morgan fingerprint density at radius 2 is 1.56 bits per heavy atom. The molecule has 0 radical (unpaired) electrons. The van der Waals surface area contributed by atoms with Crippen molar-refractivity contribution in [3.05, 3.63) is 83.9 Å². The molecule has 0 aliphatic rings. The fraction of sp³-hybridized carbons (Fsp3) is 0.238. The minimum atomic E-state index is -0.359. The zero-order valence-corrected chi connectivity index (χ0v) is 15.1. The van der Waals surface area contributed by atoms with Gasteiger partial charge in [0, 0.05) is 23.7 Å². The number of carbonyl (C=O) groups is 2. The van der Waals surface area contributed by atoms with E-state index in [1.54, 1.807) is 6.92 Å². The van der Waals surface area contributed by atoms with Crippen LogP contribution in [0.5, 0.6) is 0 Å². The van der Waals surface area contributed by atoms with Crippen LogP contribution in [0.2, 0.25) is 0 Å². The molecule has 0 aliphatic carbocycles. The van der Waals surface area contributed by atoms with Gasteiger partial charge in [-0.2, -0.15) is 0 Å². The Hall–Kier alpha value is -2.72. The third kappa shape index (κ3) is 7.59. The summed E-state index contributed by atoms with van der Waals surface area (Å²) in [6.07, 6.45) is 1.14. The summed E-state index contributed by atoms with van der Waals surface area (Å²) in [6, 6.07) is 17.2. The van der Waals surface area contributed by atoms with Crippen molar-refractivity contribution in [3.63, 3.8) is 0 Å². The molecule has 0 unspecified atom stereocenters. The Morgan fingerprint density at radius 1 is 1.00 bits per heavy atom. The molecule has 2 aromatic carbocycles. The van der Waals surface area contributed by atoms with Crippen LogP contribution in [-0.4, -0.2) is 37.4 Å². The average molecular weight is 339 g/mol. The molecule has 4 nitrogen and oxygen atoms in total. The lowest BCUT2D eigenvalue weighted by molar-refractivity contribution is -0.137. The Kier molecular flexibility index (Phi) is 8.90. The molecule has 4 heteroatoms. The van der Waals surface area contributed by atoms with E-state index in [1.807, 2.05) is 68.7 Å². The van der Waals surface area contributed by atoms with Gasteiger partial charge in [0.2, 0.25) is 0 Å². The maximum absolute atomic E-state index is 12.2. The van der Waals surface area contributed by atoms with E-state index >= 15 is 0 Å². The largest absolute Gasteiger partial charge is 0.463 e. The van der Waals surface area contributed by atoms with Gasteiger partial charge in [-0.25, -0.2) is 4.79 Å². The fourth-order valence-electron chi connectivity index (χ4n) is 2.08. The summed E-state index contributed by atoms with van der Waals surface area (Å²) in [4.78, 5) is 24.3. The molecule has 25 heavy (non-hydrogen) atoms. The van der Waals surface area contributed by atoms with Gasteiger partial charge in [0.05, 0.1) is 6.61 Å². The van der Waals surface area contributed by atoms with Crippen LogP contribution in [0.1, 0.15) is 28.4 Å². The van der Waals surface area contributed by atoms with Gasteiger partial charge in [0.1, 0.15) is 0 Å². The first kappa shape index (κ1) is 20.3. The predicted octanol–water partition coefficient (Wildman–Crippen LogP) is 3.71.